The summed E-state index contributed by atoms with van der Waals surface area (Å²) in [5.41, 5.74) is 0.988. The van der Waals surface area contributed by atoms with Crippen molar-refractivity contribution in [1.29, 1.82) is 0 Å². The van der Waals surface area contributed by atoms with Crippen LogP contribution < -0.4 is 14.4 Å². The lowest BCUT2D eigenvalue weighted by molar-refractivity contribution is -0.132. The number of aliphatic hydroxyl groups excluding tert-OH is 1. The first kappa shape index (κ1) is 23.6. The molecule has 9 heteroatoms. The lowest BCUT2D eigenvalue weighted by atomic mass is 9.99. The Morgan fingerprint density at radius 3 is 2.53 bits per heavy atom. The molecular weight excluding hydrogens is 480 g/mol. The monoisotopic (exact) mass is 504 g/mol. The number of Topliss-reactive ketones (excluding diaryl/α,β-unsaturated/α-hetero) is 1. The van der Waals surface area contributed by atoms with Gasteiger partial charge in [-0.2, -0.15) is 0 Å². The first-order valence-electron chi connectivity index (χ1n) is 11.5. The quantitative estimate of drug-likeness (QED) is 0.198. The molecule has 0 aliphatic carbocycles. The van der Waals surface area contributed by atoms with Crippen molar-refractivity contribution in [2.45, 2.75) is 26.3 Å². The Bertz CT molecular complexity index is 1480. The van der Waals surface area contributed by atoms with Gasteiger partial charge < -0.3 is 19.0 Å². The van der Waals surface area contributed by atoms with Gasteiger partial charge in [0.2, 0.25) is 0 Å². The van der Waals surface area contributed by atoms with E-state index in [0.717, 1.165) is 11.1 Å². The van der Waals surface area contributed by atoms with Gasteiger partial charge in [-0.05, 0) is 67.9 Å². The molecular formula is C27H24N2O6S. The summed E-state index contributed by atoms with van der Waals surface area (Å²) >= 11 is 1.25. The zero-order valence-corrected chi connectivity index (χ0v) is 20.8. The third kappa shape index (κ3) is 4.11. The lowest BCUT2D eigenvalue weighted by Gasteiger charge is -2.20. The highest BCUT2D eigenvalue weighted by Crippen LogP contribution is 2.45. The van der Waals surface area contributed by atoms with E-state index in [4.69, 9.17) is 13.9 Å². The second kappa shape index (κ2) is 9.50. The van der Waals surface area contributed by atoms with E-state index in [9.17, 15) is 14.7 Å². The average Bonchev–Trinajstić information content (AvgIpc) is 3.57. The van der Waals surface area contributed by atoms with Crippen LogP contribution >= 0.6 is 11.3 Å². The first-order chi connectivity index (χ1) is 17.4. The minimum atomic E-state index is -0.975. The molecule has 0 spiro atoms. The van der Waals surface area contributed by atoms with Crippen LogP contribution in [0.5, 0.6) is 11.5 Å². The third-order valence-corrected chi connectivity index (χ3v) is 6.88. The summed E-state index contributed by atoms with van der Waals surface area (Å²) in [7, 11) is 1.57. The molecule has 0 radical (unpaired) electrons. The zero-order valence-electron chi connectivity index (χ0n) is 20.0. The number of hydrogen-bond donors (Lipinski definition) is 1. The smallest absolute Gasteiger partial charge is 0.302 e. The number of aromatic nitrogens is 1. The van der Waals surface area contributed by atoms with Crippen LogP contribution in [0.3, 0.4) is 0 Å². The van der Waals surface area contributed by atoms with Gasteiger partial charge in [0.15, 0.2) is 5.13 Å². The standard InChI is InChI=1S/C27H24N2O6S/c1-4-13-34-17-8-6-16(7-9-17)24(30)22-23(20-12-5-15(2)35-20)29(26(32)25(22)31)27-28-19-11-10-18(33-3)14-21(19)36-27/h5-12,14,23,30H,4,13H2,1-3H3. The molecule has 8 nitrogen and oxygen atoms in total. The van der Waals surface area contributed by atoms with Crippen molar-refractivity contribution >= 4 is 44.1 Å². The minimum Gasteiger partial charge on any atom is -0.507 e. The summed E-state index contributed by atoms with van der Waals surface area (Å²) in [6, 6.07) is 14.6. The summed E-state index contributed by atoms with van der Waals surface area (Å²) in [6.45, 7) is 4.36. The Labute approximate surface area is 211 Å². The summed E-state index contributed by atoms with van der Waals surface area (Å²) in [4.78, 5) is 32.5. The summed E-state index contributed by atoms with van der Waals surface area (Å²) < 4.78 is 17.6. The summed E-state index contributed by atoms with van der Waals surface area (Å²) in [5, 5.41) is 11.6. The Morgan fingerprint density at radius 1 is 1.11 bits per heavy atom. The molecule has 2 aromatic heterocycles. The van der Waals surface area contributed by atoms with Crippen molar-refractivity contribution in [2.75, 3.05) is 18.6 Å². The maximum Gasteiger partial charge on any atom is 0.302 e. The highest BCUT2D eigenvalue weighted by molar-refractivity contribution is 7.22. The number of methoxy groups -OCH3 is 1. The number of fused-ring (bicyclic) bond motifs is 1. The normalized spacial score (nSPS) is 17.2. The summed E-state index contributed by atoms with van der Waals surface area (Å²) in [5.74, 6) is 0.385. The summed E-state index contributed by atoms with van der Waals surface area (Å²) in [6.07, 6.45) is 0.867. The van der Waals surface area contributed by atoms with Gasteiger partial charge in [-0.1, -0.05) is 18.3 Å². The van der Waals surface area contributed by atoms with Gasteiger partial charge >= 0.3 is 5.91 Å². The maximum absolute atomic E-state index is 13.3. The molecule has 2 aromatic carbocycles. The van der Waals surface area contributed by atoms with E-state index in [2.05, 4.69) is 4.98 Å². The molecule has 1 aliphatic rings. The predicted molar refractivity (Wildman–Crippen MR) is 137 cm³/mol. The van der Waals surface area contributed by atoms with E-state index in [1.807, 2.05) is 13.0 Å². The molecule has 1 N–H and O–H groups in total. The Hall–Kier alpha value is -4.11. The van der Waals surface area contributed by atoms with Crippen molar-refractivity contribution in [2.24, 2.45) is 0 Å². The van der Waals surface area contributed by atoms with Crippen LogP contribution in [0.4, 0.5) is 5.13 Å². The van der Waals surface area contributed by atoms with Crippen molar-refractivity contribution in [3.63, 3.8) is 0 Å². The number of furan rings is 1. The molecule has 1 amide bonds. The van der Waals surface area contributed by atoms with Crippen LogP contribution in [0.25, 0.3) is 16.0 Å². The van der Waals surface area contributed by atoms with Crippen molar-refractivity contribution in [3.05, 3.63) is 77.3 Å². The molecule has 4 aromatic rings. The van der Waals surface area contributed by atoms with Gasteiger partial charge in [0.05, 0.1) is 29.5 Å². The number of carbonyl (C=O) groups is 2. The van der Waals surface area contributed by atoms with E-state index in [1.54, 1.807) is 62.6 Å². The number of ketones is 1. The number of nitrogens with zero attached hydrogens (tertiary/aromatic N) is 2. The highest BCUT2D eigenvalue weighted by atomic mass is 32.1. The van der Waals surface area contributed by atoms with Gasteiger partial charge in [0.25, 0.3) is 5.78 Å². The van der Waals surface area contributed by atoms with Crippen LogP contribution in [0.1, 0.15) is 36.5 Å². The number of amides is 1. The third-order valence-electron chi connectivity index (χ3n) is 5.87. The van der Waals surface area contributed by atoms with Crippen LogP contribution in [0.2, 0.25) is 0 Å². The number of aliphatic hydroxyl groups is 1. The fourth-order valence-electron chi connectivity index (χ4n) is 4.11. The molecule has 3 heterocycles. The molecule has 184 valence electrons. The second-order valence-electron chi connectivity index (χ2n) is 8.32. The van der Waals surface area contributed by atoms with Gasteiger partial charge in [0, 0.05) is 5.56 Å². The van der Waals surface area contributed by atoms with E-state index in [0.29, 0.717) is 45.8 Å². The van der Waals surface area contributed by atoms with Crippen LogP contribution in [-0.4, -0.2) is 35.5 Å². The molecule has 0 bridgehead atoms. The fraction of sp³-hybridized carbons (Fsp3) is 0.222. The Balaban J connectivity index is 1.63. The van der Waals surface area contributed by atoms with Gasteiger partial charge in [0.1, 0.15) is 34.8 Å². The molecule has 5 rings (SSSR count). The van der Waals surface area contributed by atoms with Crippen molar-refractivity contribution < 1.29 is 28.6 Å². The molecule has 1 atom stereocenters. The van der Waals surface area contributed by atoms with Crippen molar-refractivity contribution in [1.82, 2.24) is 4.98 Å². The van der Waals surface area contributed by atoms with Gasteiger partial charge in [-0.25, -0.2) is 4.98 Å². The molecule has 0 saturated carbocycles. The molecule has 1 aliphatic heterocycles. The van der Waals surface area contributed by atoms with Crippen molar-refractivity contribution in [3.8, 4) is 11.5 Å². The van der Waals surface area contributed by atoms with E-state index in [-0.39, 0.29) is 11.3 Å². The number of hydrogen-bond acceptors (Lipinski definition) is 8. The average molecular weight is 505 g/mol. The molecule has 36 heavy (non-hydrogen) atoms. The predicted octanol–water partition coefficient (Wildman–Crippen LogP) is 5.62. The van der Waals surface area contributed by atoms with E-state index >= 15 is 0 Å². The first-order valence-corrected chi connectivity index (χ1v) is 12.3. The lowest BCUT2D eigenvalue weighted by Crippen LogP contribution is -2.29. The number of thiazole rings is 1. The fourth-order valence-corrected chi connectivity index (χ4v) is 5.13. The maximum atomic E-state index is 13.3. The number of benzene rings is 2. The van der Waals surface area contributed by atoms with Crippen LogP contribution in [0.15, 0.2) is 64.6 Å². The number of rotatable bonds is 7. The number of ether oxygens (including phenoxy) is 2. The topological polar surface area (TPSA) is 102 Å². The molecule has 1 saturated heterocycles. The van der Waals surface area contributed by atoms with Crippen LogP contribution in [-0.2, 0) is 9.59 Å². The zero-order chi connectivity index (χ0) is 25.4. The minimum absolute atomic E-state index is 0.0617. The second-order valence-corrected chi connectivity index (χ2v) is 9.33. The Morgan fingerprint density at radius 2 is 1.86 bits per heavy atom. The van der Waals surface area contributed by atoms with E-state index in [1.165, 1.54) is 16.2 Å². The number of anilines is 1. The number of aryl methyl sites for hydroxylation is 1. The SMILES string of the molecule is CCCOc1ccc(C(O)=C2C(=O)C(=O)N(c3nc4ccc(OC)cc4s3)C2c2ccc(C)o2)cc1. The number of carbonyl (C=O) groups excluding carboxylic acids is 2. The highest BCUT2D eigenvalue weighted by Gasteiger charge is 2.49. The van der Waals surface area contributed by atoms with Gasteiger partial charge in [-0.15, -0.1) is 0 Å². The Kier molecular flexibility index (Phi) is 6.24. The molecule has 1 fully saturated rings. The van der Waals surface area contributed by atoms with Gasteiger partial charge in [-0.3, -0.25) is 14.5 Å². The largest absolute Gasteiger partial charge is 0.507 e. The van der Waals surface area contributed by atoms with Crippen LogP contribution in [0, 0.1) is 6.92 Å². The molecule has 1 unspecified atom stereocenters. The van der Waals surface area contributed by atoms with E-state index < -0.39 is 17.7 Å².